The van der Waals surface area contributed by atoms with Gasteiger partial charge in [-0.05, 0) is 12.5 Å². The number of imidazole rings is 1. The quantitative estimate of drug-likeness (QED) is 0.374. The van der Waals surface area contributed by atoms with Crippen molar-refractivity contribution in [2.24, 2.45) is 0 Å². The van der Waals surface area contributed by atoms with Crippen molar-refractivity contribution >= 4 is 38.8 Å². The molecule has 5 rings (SSSR count). The Morgan fingerprint density at radius 3 is 2.81 bits per heavy atom. The van der Waals surface area contributed by atoms with Gasteiger partial charge >= 0.3 is 0 Å². The van der Waals surface area contributed by atoms with Crippen molar-refractivity contribution < 1.29 is 17.9 Å². The number of nitrogens with one attached hydrogen (secondary N) is 1. The Labute approximate surface area is 188 Å². The summed E-state index contributed by atoms with van der Waals surface area (Å²) in [5, 5.41) is 0.607. The van der Waals surface area contributed by atoms with E-state index in [4.69, 9.17) is 21.6 Å². The minimum absolute atomic E-state index is 0.144. The molecule has 0 amide bonds. The van der Waals surface area contributed by atoms with Crippen molar-refractivity contribution in [3.8, 4) is 23.8 Å². The molecule has 2 aliphatic rings. The van der Waals surface area contributed by atoms with E-state index < -0.39 is 10.0 Å². The average molecular weight is 471 g/mol. The van der Waals surface area contributed by atoms with Crippen LogP contribution in [0, 0.1) is 12.3 Å². The molecule has 3 aromatic rings. The highest BCUT2D eigenvalue weighted by atomic mass is 32.2. The number of nitrogen functional groups attached to an aromatic ring is 1. The summed E-state index contributed by atoms with van der Waals surface area (Å²) in [5.41, 5.74) is 7.69. The van der Waals surface area contributed by atoms with Gasteiger partial charge in [0.15, 0.2) is 33.6 Å². The lowest BCUT2D eigenvalue weighted by molar-refractivity contribution is 0.174. The summed E-state index contributed by atoms with van der Waals surface area (Å²) in [6.07, 6.45) is 9.80. The molecular formula is C20H18N6O4S2. The van der Waals surface area contributed by atoms with Crippen LogP contribution in [0.4, 0.5) is 5.82 Å². The van der Waals surface area contributed by atoms with Gasteiger partial charge in [0.2, 0.25) is 16.8 Å². The average Bonchev–Trinajstić information content (AvgIpc) is 3.45. The lowest BCUT2D eigenvalue weighted by Crippen LogP contribution is -2.24. The standard InChI is InChI=1S/C20H18N6O4S2/c1-2-12-8-14-15(30-11-29-14)9-16(12)31-20-25-17-18(21)22-10-23-19(17)26(20)7-3-6-24-32(27,28)13-4-5-13/h1,4,8-10,24H,3,5-7,11H2,(H2,21,22,23). The highest BCUT2D eigenvalue weighted by Crippen LogP contribution is 2.41. The third-order valence-electron chi connectivity index (χ3n) is 4.92. The molecule has 0 saturated carbocycles. The number of aromatic nitrogens is 4. The van der Waals surface area contributed by atoms with Crippen molar-refractivity contribution in [1.29, 1.82) is 0 Å². The Morgan fingerprint density at radius 1 is 1.28 bits per heavy atom. The van der Waals surface area contributed by atoms with Gasteiger partial charge in [-0.25, -0.2) is 28.1 Å². The van der Waals surface area contributed by atoms with E-state index >= 15 is 0 Å². The molecule has 32 heavy (non-hydrogen) atoms. The molecule has 0 spiro atoms. The second-order valence-corrected chi connectivity index (χ2v) is 9.88. The number of nitrogens with two attached hydrogens (primary N) is 1. The summed E-state index contributed by atoms with van der Waals surface area (Å²) < 4.78 is 39.4. The maximum atomic E-state index is 12.0. The van der Waals surface area contributed by atoms with Crippen LogP contribution in [0.2, 0.25) is 0 Å². The monoisotopic (exact) mass is 470 g/mol. The number of benzene rings is 1. The molecule has 3 N–H and O–H groups in total. The molecule has 0 bridgehead atoms. The van der Waals surface area contributed by atoms with Crippen molar-refractivity contribution in [3.63, 3.8) is 0 Å². The lowest BCUT2D eigenvalue weighted by atomic mass is 10.2. The number of rotatable bonds is 8. The molecule has 0 unspecified atom stereocenters. The summed E-state index contributed by atoms with van der Waals surface area (Å²) in [6, 6.07) is 3.57. The van der Waals surface area contributed by atoms with E-state index in [0.29, 0.717) is 57.7 Å². The molecule has 0 saturated heterocycles. The maximum Gasteiger partial charge on any atom is 0.236 e. The summed E-state index contributed by atoms with van der Waals surface area (Å²) in [4.78, 5) is 14.2. The first-order valence-corrected chi connectivity index (χ1v) is 12.0. The third-order valence-corrected chi connectivity index (χ3v) is 7.58. The topological polar surface area (TPSA) is 134 Å². The highest BCUT2D eigenvalue weighted by Gasteiger charge is 2.24. The van der Waals surface area contributed by atoms with Crippen LogP contribution in [-0.4, -0.2) is 41.3 Å². The summed E-state index contributed by atoms with van der Waals surface area (Å²) >= 11 is 1.35. The smallest absolute Gasteiger partial charge is 0.236 e. The number of terminal acetylenes is 1. The number of hydrogen-bond acceptors (Lipinski definition) is 9. The number of allylic oxidation sites excluding steroid dienone is 2. The summed E-state index contributed by atoms with van der Waals surface area (Å²) in [5.74, 6) is 4.14. The maximum absolute atomic E-state index is 12.0. The Bertz CT molecular complexity index is 1410. The minimum atomic E-state index is -3.36. The second kappa shape index (κ2) is 8.01. The normalized spacial score (nSPS) is 14.4. The molecular weight excluding hydrogens is 452 g/mol. The van der Waals surface area contributed by atoms with Gasteiger partial charge in [-0.3, -0.25) is 0 Å². The second-order valence-electron chi connectivity index (χ2n) is 7.05. The first-order valence-electron chi connectivity index (χ1n) is 9.70. The molecule has 1 aliphatic heterocycles. The van der Waals surface area contributed by atoms with Gasteiger partial charge in [-0.2, -0.15) is 0 Å². The number of fused-ring (bicyclic) bond motifs is 2. The molecule has 10 nitrogen and oxygen atoms in total. The molecule has 1 aliphatic carbocycles. The largest absolute Gasteiger partial charge is 0.454 e. The van der Waals surface area contributed by atoms with Crippen LogP contribution in [-0.2, 0) is 16.6 Å². The number of nitrogens with zero attached hydrogens (tertiary/aromatic N) is 4. The first kappa shape index (κ1) is 20.6. The zero-order chi connectivity index (χ0) is 22.3. The molecule has 1 aromatic carbocycles. The molecule has 3 heterocycles. The zero-order valence-electron chi connectivity index (χ0n) is 16.7. The van der Waals surface area contributed by atoms with Gasteiger partial charge in [0.05, 0.1) is 4.91 Å². The van der Waals surface area contributed by atoms with Crippen LogP contribution in [0.15, 0.2) is 39.5 Å². The van der Waals surface area contributed by atoms with Gasteiger partial charge < -0.3 is 19.8 Å². The third kappa shape index (κ3) is 3.86. The molecule has 164 valence electrons. The summed E-state index contributed by atoms with van der Waals surface area (Å²) in [6.45, 7) is 0.890. The minimum Gasteiger partial charge on any atom is -0.454 e. The fourth-order valence-corrected chi connectivity index (χ4v) is 5.37. The Kier molecular flexibility index (Phi) is 5.16. The van der Waals surface area contributed by atoms with E-state index in [2.05, 4.69) is 25.6 Å². The number of hydrogen-bond donors (Lipinski definition) is 2. The summed E-state index contributed by atoms with van der Waals surface area (Å²) in [7, 11) is -3.36. The van der Waals surface area contributed by atoms with Crippen LogP contribution < -0.4 is 19.9 Å². The van der Waals surface area contributed by atoms with Crippen molar-refractivity contribution in [1.82, 2.24) is 24.2 Å². The van der Waals surface area contributed by atoms with Crippen LogP contribution in [0.3, 0.4) is 0 Å². The molecule has 0 atom stereocenters. The number of aryl methyl sites for hydroxylation is 1. The van der Waals surface area contributed by atoms with Gasteiger partial charge in [0.25, 0.3) is 0 Å². The van der Waals surface area contributed by atoms with Crippen LogP contribution in [0.5, 0.6) is 11.5 Å². The van der Waals surface area contributed by atoms with Crippen LogP contribution in [0.25, 0.3) is 11.2 Å². The molecule has 12 heteroatoms. The number of sulfonamides is 1. The van der Waals surface area contributed by atoms with E-state index in [1.807, 2.05) is 10.6 Å². The van der Waals surface area contributed by atoms with Gasteiger partial charge in [-0.1, -0.05) is 23.8 Å². The Balaban J connectivity index is 1.43. The Morgan fingerprint density at radius 2 is 2.06 bits per heavy atom. The van der Waals surface area contributed by atoms with Crippen LogP contribution in [0.1, 0.15) is 18.4 Å². The first-order chi connectivity index (χ1) is 15.5. The molecule has 0 fully saturated rings. The highest BCUT2D eigenvalue weighted by molar-refractivity contribution is 7.99. The van der Waals surface area contributed by atoms with E-state index in [1.165, 1.54) is 18.1 Å². The Hall–Kier alpha value is -3.27. The van der Waals surface area contributed by atoms with Gasteiger partial charge in [0, 0.05) is 36.0 Å². The van der Waals surface area contributed by atoms with Crippen molar-refractivity contribution in [2.75, 3.05) is 19.1 Å². The van der Waals surface area contributed by atoms with Crippen LogP contribution >= 0.6 is 11.8 Å². The fraction of sp³-hybridized carbons (Fsp3) is 0.250. The van der Waals surface area contributed by atoms with E-state index in [9.17, 15) is 8.42 Å². The van der Waals surface area contributed by atoms with Gasteiger partial charge in [0.1, 0.15) is 6.33 Å². The SMILES string of the molecule is C#Cc1cc2c(cc1Sc1nc3c(N)ncnc3n1CCCNS(=O)(=O)C1=CC1)OCO2. The van der Waals surface area contributed by atoms with Crippen molar-refractivity contribution in [3.05, 3.63) is 35.0 Å². The van der Waals surface area contributed by atoms with Crippen molar-refractivity contribution in [2.45, 2.75) is 29.4 Å². The molecule has 0 radical (unpaired) electrons. The van der Waals surface area contributed by atoms with Gasteiger partial charge in [-0.15, -0.1) is 6.42 Å². The fourth-order valence-electron chi connectivity index (χ4n) is 3.23. The van der Waals surface area contributed by atoms with E-state index in [0.717, 1.165) is 4.90 Å². The zero-order valence-corrected chi connectivity index (χ0v) is 18.4. The van der Waals surface area contributed by atoms with E-state index in [1.54, 1.807) is 12.1 Å². The number of ether oxygens (including phenoxy) is 2. The van der Waals surface area contributed by atoms with E-state index in [-0.39, 0.29) is 19.2 Å². The number of anilines is 1. The molecule has 2 aromatic heterocycles. The predicted octanol–water partition coefficient (Wildman–Crippen LogP) is 1.87. The lowest BCUT2D eigenvalue weighted by Gasteiger charge is -2.10. The predicted molar refractivity (Wildman–Crippen MR) is 119 cm³/mol.